The lowest BCUT2D eigenvalue weighted by atomic mass is 10.2. The highest BCUT2D eigenvalue weighted by Gasteiger charge is 2.15. The van der Waals surface area contributed by atoms with Gasteiger partial charge in [0.15, 0.2) is 0 Å². The van der Waals surface area contributed by atoms with Crippen molar-refractivity contribution in [3.05, 3.63) is 70.5 Å². The lowest BCUT2D eigenvalue weighted by molar-refractivity contribution is 0.0943. The van der Waals surface area contributed by atoms with Crippen molar-refractivity contribution in [1.82, 2.24) is 19.4 Å². The van der Waals surface area contributed by atoms with Crippen molar-refractivity contribution in [1.29, 1.82) is 0 Å². The Labute approximate surface area is 143 Å². The van der Waals surface area contributed by atoms with Crippen LogP contribution in [0.5, 0.6) is 0 Å². The molecule has 0 unspecified atom stereocenters. The Balaban J connectivity index is 1.66. The summed E-state index contributed by atoms with van der Waals surface area (Å²) in [6.07, 6.45) is 5.34. The lowest BCUT2D eigenvalue weighted by Crippen LogP contribution is -2.24. The number of halogens is 2. The number of carbonyl (C=O) groups excluding carboxylic acids is 1. The standard InChI is InChI=1S/C16H14Cl2N4O/c1-21-14(8-13(17)15(21)18)16(23)20-9-11-2-4-12(5-3-11)22-7-6-19-10-22/h2-8,10H,9H2,1H3,(H,20,23). The zero-order valence-electron chi connectivity index (χ0n) is 12.3. The summed E-state index contributed by atoms with van der Waals surface area (Å²) in [5.41, 5.74) is 2.43. The molecule has 0 fully saturated rings. The normalized spacial score (nSPS) is 10.7. The third kappa shape index (κ3) is 3.25. The summed E-state index contributed by atoms with van der Waals surface area (Å²) >= 11 is 11.9. The summed E-state index contributed by atoms with van der Waals surface area (Å²) in [6.45, 7) is 0.420. The summed E-state index contributed by atoms with van der Waals surface area (Å²) in [4.78, 5) is 16.2. The van der Waals surface area contributed by atoms with Crippen LogP contribution >= 0.6 is 23.2 Å². The molecule has 3 rings (SSSR count). The molecular formula is C16H14Cl2N4O. The summed E-state index contributed by atoms with van der Waals surface area (Å²) in [6, 6.07) is 9.42. The molecule has 0 aliphatic rings. The van der Waals surface area contributed by atoms with Crippen LogP contribution in [0.4, 0.5) is 0 Å². The maximum Gasteiger partial charge on any atom is 0.268 e. The van der Waals surface area contributed by atoms with Gasteiger partial charge in [-0.25, -0.2) is 4.98 Å². The largest absolute Gasteiger partial charge is 0.347 e. The van der Waals surface area contributed by atoms with Gasteiger partial charge in [0, 0.05) is 31.7 Å². The third-order valence-electron chi connectivity index (χ3n) is 3.54. The van der Waals surface area contributed by atoms with Crippen LogP contribution in [-0.2, 0) is 13.6 Å². The van der Waals surface area contributed by atoms with Crippen molar-refractivity contribution in [2.24, 2.45) is 7.05 Å². The highest BCUT2D eigenvalue weighted by Crippen LogP contribution is 2.25. The first-order valence-electron chi connectivity index (χ1n) is 6.92. The Bertz CT molecular complexity index is 823. The van der Waals surface area contributed by atoms with Crippen molar-refractivity contribution in [3.63, 3.8) is 0 Å². The molecule has 3 aromatic rings. The Hall–Kier alpha value is -2.24. The molecule has 7 heteroatoms. The summed E-state index contributed by atoms with van der Waals surface area (Å²) in [5.74, 6) is -0.222. The van der Waals surface area contributed by atoms with Crippen LogP contribution in [0.3, 0.4) is 0 Å². The quantitative estimate of drug-likeness (QED) is 0.784. The summed E-state index contributed by atoms with van der Waals surface area (Å²) in [7, 11) is 1.70. The monoisotopic (exact) mass is 348 g/mol. The number of hydrogen-bond donors (Lipinski definition) is 1. The van der Waals surface area contributed by atoms with Gasteiger partial charge < -0.3 is 14.5 Å². The Morgan fingerprint density at radius 3 is 2.57 bits per heavy atom. The average Bonchev–Trinajstić information content (AvgIpc) is 3.18. The van der Waals surface area contributed by atoms with Crippen LogP contribution in [0.25, 0.3) is 5.69 Å². The van der Waals surface area contributed by atoms with Gasteiger partial charge in [-0.05, 0) is 23.8 Å². The Kier molecular flexibility index (Phi) is 4.41. The topological polar surface area (TPSA) is 51.9 Å². The minimum atomic E-state index is -0.222. The first kappa shape index (κ1) is 15.6. The maximum atomic E-state index is 12.2. The van der Waals surface area contributed by atoms with E-state index in [0.29, 0.717) is 22.4 Å². The maximum absolute atomic E-state index is 12.2. The number of amides is 1. The molecule has 2 aromatic heterocycles. The highest BCUT2D eigenvalue weighted by molar-refractivity contribution is 6.41. The molecule has 0 bridgehead atoms. The molecule has 0 saturated heterocycles. The molecule has 0 saturated carbocycles. The molecule has 0 aliphatic heterocycles. The zero-order chi connectivity index (χ0) is 16.4. The first-order valence-corrected chi connectivity index (χ1v) is 7.68. The molecule has 23 heavy (non-hydrogen) atoms. The molecule has 2 heterocycles. The average molecular weight is 349 g/mol. The first-order chi connectivity index (χ1) is 11.1. The van der Waals surface area contributed by atoms with Crippen molar-refractivity contribution >= 4 is 29.1 Å². The molecule has 0 radical (unpaired) electrons. The van der Waals surface area contributed by atoms with Crippen LogP contribution in [0.2, 0.25) is 10.2 Å². The van der Waals surface area contributed by atoms with Gasteiger partial charge in [0.2, 0.25) is 0 Å². The predicted octanol–water partition coefficient (Wildman–Crippen LogP) is 3.45. The fourth-order valence-electron chi connectivity index (χ4n) is 2.23. The third-order valence-corrected chi connectivity index (χ3v) is 4.38. The smallest absolute Gasteiger partial charge is 0.268 e. The van der Waals surface area contributed by atoms with E-state index in [2.05, 4.69) is 10.3 Å². The SMILES string of the molecule is Cn1c(C(=O)NCc2ccc(-n3ccnc3)cc2)cc(Cl)c1Cl. The number of nitrogens with one attached hydrogen (secondary N) is 1. The van der Waals surface area contributed by atoms with Crippen molar-refractivity contribution < 1.29 is 4.79 Å². The Morgan fingerprint density at radius 2 is 2.00 bits per heavy atom. The van der Waals surface area contributed by atoms with Gasteiger partial charge in [-0.2, -0.15) is 0 Å². The predicted molar refractivity (Wildman–Crippen MR) is 90.2 cm³/mol. The zero-order valence-corrected chi connectivity index (χ0v) is 13.8. The minimum absolute atomic E-state index is 0.222. The van der Waals surface area contributed by atoms with Gasteiger partial charge >= 0.3 is 0 Å². The number of nitrogens with zero attached hydrogens (tertiary/aromatic N) is 3. The molecule has 0 atom stereocenters. The van der Waals surface area contributed by atoms with E-state index in [1.165, 1.54) is 0 Å². The van der Waals surface area contributed by atoms with E-state index in [4.69, 9.17) is 23.2 Å². The number of imidazole rings is 1. The van der Waals surface area contributed by atoms with E-state index in [-0.39, 0.29) is 5.91 Å². The van der Waals surface area contributed by atoms with Crippen LogP contribution in [-0.4, -0.2) is 20.0 Å². The van der Waals surface area contributed by atoms with Gasteiger partial charge in [0.1, 0.15) is 10.8 Å². The molecule has 5 nitrogen and oxygen atoms in total. The molecule has 1 aromatic carbocycles. The summed E-state index contributed by atoms with van der Waals surface area (Å²) in [5, 5.41) is 3.57. The van der Waals surface area contributed by atoms with E-state index in [9.17, 15) is 4.79 Å². The fourth-order valence-corrected chi connectivity index (χ4v) is 2.61. The second-order valence-electron chi connectivity index (χ2n) is 5.05. The van der Waals surface area contributed by atoms with Crippen molar-refractivity contribution in [2.75, 3.05) is 0 Å². The van der Waals surface area contributed by atoms with Gasteiger partial charge in [-0.1, -0.05) is 35.3 Å². The van der Waals surface area contributed by atoms with Crippen molar-refractivity contribution in [2.45, 2.75) is 6.54 Å². The fraction of sp³-hybridized carbons (Fsp3) is 0.125. The number of carbonyl (C=O) groups is 1. The molecule has 0 spiro atoms. The Morgan fingerprint density at radius 1 is 1.26 bits per heavy atom. The summed E-state index contributed by atoms with van der Waals surface area (Å²) < 4.78 is 3.47. The molecule has 0 aliphatic carbocycles. The van der Waals surface area contributed by atoms with Gasteiger partial charge in [0.25, 0.3) is 5.91 Å². The van der Waals surface area contributed by atoms with Gasteiger partial charge in [-0.3, -0.25) is 4.79 Å². The van der Waals surface area contributed by atoms with Crippen LogP contribution in [0, 0.1) is 0 Å². The van der Waals surface area contributed by atoms with Gasteiger partial charge in [0.05, 0.1) is 11.3 Å². The molecular weight excluding hydrogens is 335 g/mol. The van der Waals surface area contributed by atoms with Crippen LogP contribution < -0.4 is 5.32 Å². The van der Waals surface area contributed by atoms with Crippen LogP contribution in [0.15, 0.2) is 49.1 Å². The number of benzene rings is 1. The van der Waals surface area contributed by atoms with E-state index < -0.39 is 0 Å². The highest BCUT2D eigenvalue weighted by atomic mass is 35.5. The molecule has 1 amide bonds. The van der Waals surface area contributed by atoms with Gasteiger partial charge in [-0.15, -0.1) is 0 Å². The van der Waals surface area contributed by atoms with Crippen molar-refractivity contribution in [3.8, 4) is 5.69 Å². The van der Waals surface area contributed by atoms with E-state index >= 15 is 0 Å². The lowest BCUT2D eigenvalue weighted by Gasteiger charge is -2.08. The van der Waals surface area contributed by atoms with E-state index in [0.717, 1.165) is 11.3 Å². The van der Waals surface area contributed by atoms with E-state index in [1.54, 1.807) is 30.2 Å². The minimum Gasteiger partial charge on any atom is -0.347 e. The number of rotatable bonds is 4. The second kappa shape index (κ2) is 6.48. The van der Waals surface area contributed by atoms with E-state index in [1.807, 2.05) is 35.0 Å². The second-order valence-corrected chi connectivity index (χ2v) is 5.81. The number of hydrogen-bond acceptors (Lipinski definition) is 2. The van der Waals surface area contributed by atoms with Crippen LogP contribution in [0.1, 0.15) is 16.1 Å². The molecule has 1 N–H and O–H groups in total. The number of aromatic nitrogens is 3. The molecule has 118 valence electrons.